The summed E-state index contributed by atoms with van der Waals surface area (Å²) in [5.41, 5.74) is 1.68. The number of piperazine rings is 1. The first-order chi connectivity index (χ1) is 12.2. The molecule has 1 fully saturated rings. The summed E-state index contributed by atoms with van der Waals surface area (Å²) < 4.78 is 13.9. The van der Waals surface area contributed by atoms with Crippen molar-refractivity contribution < 1.29 is 9.18 Å². The van der Waals surface area contributed by atoms with Crippen LogP contribution in [-0.2, 0) is 4.79 Å². The van der Waals surface area contributed by atoms with Gasteiger partial charge >= 0.3 is 0 Å². The molecule has 0 aromatic heterocycles. The topological polar surface area (TPSA) is 26.8 Å². The van der Waals surface area contributed by atoms with Gasteiger partial charge in [-0.05, 0) is 31.2 Å². The fourth-order valence-electron chi connectivity index (χ4n) is 3.19. The van der Waals surface area contributed by atoms with Gasteiger partial charge in [0, 0.05) is 38.4 Å². The largest absolute Gasteiger partial charge is 0.366 e. The molecule has 1 aliphatic heterocycles. The molecule has 1 aliphatic rings. The van der Waals surface area contributed by atoms with E-state index in [1.807, 2.05) is 46.2 Å². The van der Waals surface area contributed by atoms with Crippen LogP contribution in [0.2, 0.25) is 0 Å². The third-order valence-electron chi connectivity index (χ3n) is 4.65. The Kier molecular flexibility index (Phi) is 5.53. The minimum atomic E-state index is -0.205. The Morgan fingerprint density at radius 2 is 1.64 bits per heavy atom. The smallest absolute Gasteiger partial charge is 0.242 e. The van der Waals surface area contributed by atoms with E-state index in [0.29, 0.717) is 38.4 Å². The summed E-state index contributed by atoms with van der Waals surface area (Å²) in [6.07, 6.45) is 0. The summed E-state index contributed by atoms with van der Waals surface area (Å²) in [6, 6.07) is 16.8. The van der Waals surface area contributed by atoms with Crippen molar-refractivity contribution in [2.24, 2.45) is 0 Å². The van der Waals surface area contributed by atoms with Crippen LogP contribution in [0.1, 0.15) is 6.92 Å². The number of carbonyl (C=O) groups is 1. The Hall–Kier alpha value is -2.56. The molecule has 2 aromatic carbocycles. The predicted octanol–water partition coefficient (Wildman–Crippen LogP) is 3.00. The molecule has 0 radical (unpaired) electrons. The highest BCUT2D eigenvalue weighted by Gasteiger charge is 2.23. The summed E-state index contributed by atoms with van der Waals surface area (Å²) in [4.78, 5) is 18.6. The molecule has 1 amide bonds. The summed E-state index contributed by atoms with van der Waals surface area (Å²) in [5, 5.41) is 0. The molecule has 0 unspecified atom stereocenters. The van der Waals surface area contributed by atoms with E-state index in [9.17, 15) is 9.18 Å². The van der Waals surface area contributed by atoms with Crippen LogP contribution in [0, 0.1) is 5.82 Å². The molecule has 132 valence electrons. The van der Waals surface area contributed by atoms with Gasteiger partial charge in [0.1, 0.15) is 5.82 Å². The molecular formula is C20H24FN3O. The monoisotopic (exact) mass is 341 g/mol. The minimum absolute atomic E-state index is 0.124. The first-order valence-corrected chi connectivity index (χ1v) is 8.76. The second-order valence-electron chi connectivity index (χ2n) is 6.17. The molecule has 3 rings (SSSR count). The van der Waals surface area contributed by atoms with Crippen LogP contribution in [0.25, 0.3) is 0 Å². The van der Waals surface area contributed by atoms with Gasteiger partial charge in [0.15, 0.2) is 0 Å². The zero-order chi connectivity index (χ0) is 17.6. The fraction of sp³-hybridized carbons (Fsp3) is 0.350. The summed E-state index contributed by atoms with van der Waals surface area (Å²) in [6.45, 7) is 5.77. The van der Waals surface area contributed by atoms with Gasteiger partial charge in [0.25, 0.3) is 0 Å². The van der Waals surface area contributed by atoms with Crippen molar-refractivity contribution in [2.45, 2.75) is 6.92 Å². The lowest BCUT2D eigenvalue weighted by Crippen LogP contribution is -2.51. The van der Waals surface area contributed by atoms with Crippen molar-refractivity contribution in [2.75, 3.05) is 49.1 Å². The molecule has 5 heteroatoms. The zero-order valence-electron chi connectivity index (χ0n) is 14.6. The van der Waals surface area contributed by atoms with Crippen LogP contribution in [0.5, 0.6) is 0 Å². The second-order valence-corrected chi connectivity index (χ2v) is 6.17. The predicted molar refractivity (Wildman–Crippen MR) is 99.5 cm³/mol. The molecule has 0 atom stereocenters. The number of hydrogen-bond donors (Lipinski definition) is 0. The van der Waals surface area contributed by atoms with E-state index in [1.54, 1.807) is 12.1 Å². The first-order valence-electron chi connectivity index (χ1n) is 8.76. The number of para-hydroxylation sites is 2. The summed E-state index contributed by atoms with van der Waals surface area (Å²) >= 11 is 0. The van der Waals surface area contributed by atoms with E-state index >= 15 is 0 Å². The maximum absolute atomic E-state index is 13.9. The summed E-state index contributed by atoms with van der Waals surface area (Å²) in [5.74, 6) is -0.0811. The van der Waals surface area contributed by atoms with Gasteiger partial charge in [0.05, 0.1) is 12.2 Å². The van der Waals surface area contributed by atoms with Gasteiger partial charge < -0.3 is 14.7 Å². The average Bonchev–Trinajstić information content (AvgIpc) is 2.67. The molecule has 0 N–H and O–H groups in total. The van der Waals surface area contributed by atoms with Crippen molar-refractivity contribution in [3.63, 3.8) is 0 Å². The Morgan fingerprint density at radius 3 is 2.28 bits per heavy atom. The quantitative estimate of drug-likeness (QED) is 0.836. The molecule has 2 aromatic rings. The number of amides is 1. The van der Waals surface area contributed by atoms with Gasteiger partial charge in [-0.15, -0.1) is 0 Å². The minimum Gasteiger partial charge on any atom is -0.366 e. The highest BCUT2D eigenvalue weighted by Crippen LogP contribution is 2.20. The lowest BCUT2D eigenvalue weighted by molar-refractivity contribution is -0.130. The van der Waals surface area contributed by atoms with Crippen molar-refractivity contribution in [1.82, 2.24) is 4.90 Å². The van der Waals surface area contributed by atoms with Crippen LogP contribution in [-0.4, -0.2) is 50.1 Å². The second kappa shape index (κ2) is 8.01. The highest BCUT2D eigenvalue weighted by molar-refractivity contribution is 5.81. The molecule has 0 aliphatic carbocycles. The van der Waals surface area contributed by atoms with Crippen LogP contribution in [0.3, 0.4) is 0 Å². The van der Waals surface area contributed by atoms with Crippen LogP contribution in [0.15, 0.2) is 54.6 Å². The van der Waals surface area contributed by atoms with E-state index in [2.05, 4.69) is 11.8 Å². The number of halogens is 1. The Morgan fingerprint density at radius 1 is 1.00 bits per heavy atom. The van der Waals surface area contributed by atoms with E-state index in [1.165, 1.54) is 6.07 Å². The molecule has 25 heavy (non-hydrogen) atoms. The van der Waals surface area contributed by atoms with Gasteiger partial charge in [-0.1, -0.05) is 30.3 Å². The average molecular weight is 341 g/mol. The Bertz CT molecular complexity index is 699. The van der Waals surface area contributed by atoms with Crippen molar-refractivity contribution in [1.29, 1.82) is 0 Å². The van der Waals surface area contributed by atoms with Gasteiger partial charge in [-0.25, -0.2) is 4.39 Å². The maximum Gasteiger partial charge on any atom is 0.242 e. The number of nitrogens with zero attached hydrogens (tertiary/aromatic N) is 3. The number of anilines is 2. The summed E-state index contributed by atoms with van der Waals surface area (Å²) in [7, 11) is 0. The Labute approximate surface area is 148 Å². The molecule has 0 saturated carbocycles. The van der Waals surface area contributed by atoms with Crippen LogP contribution >= 0.6 is 0 Å². The molecule has 4 nitrogen and oxygen atoms in total. The van der Waals surface area contributed by atoms with Gasteiger partial charge in [0.2, 0.25) is 5.91 Å². The number of carbonyl (C=O) groups excluding carboxylic acids is 1. The highest BCUT2D eigenvalue weighted by atomic mass is 19.1. The Balaban J connectivity index is 1.57. The third kappa shape index (κ3) is 4.10. The zero-order valence-corrected chi connectivity index (χ0v) is 14.6. The van der Waals surface area contributed by atoms with Crippen LogP contribution < -0.4 is 9.80 Å². The lowest BCUT2D eigenvalue weighted by atomic mass is 10.2. The van der Waals surface area contributed by atoms with Gasteiger partial charge in [-0.2, -0.15) is 0 Å². The van der Waals surface area contributed by atoms with E-state index < -0.39 is 0 Å². The molecule has 0 spiro atoms. The van der Waals surface area contributed by atoms with Crippen LogP contribution in [0.4, 0.5) is 15.8 Å². The number of benzene rings is 2. The van der Waals surface area contributed by atoms with E-state index in [4.69, 9.17) is 0 Å². The number of likely N-dealkylation sites (N-methyl/N-ethyl adjacent to an activating group) is 1. The normalized spacial score (nSPS) is 14.5. The lowest BCUT2D eigenvalue weighted by Gasteiger charge is -2.37. The van der Waals surface area contributed by atoms with Crippen molar-refractivity contribution in [3.8, 4) is 0 Å². The number of rotatable bonds is 5. The third-order valence-corrected chi connectivity index (χ3v) is 4.65. The molecular weight excluding hydrogens is 317 g/mol. The van der Waals surface area contributed by atoms with E-state index in [-0.39, 0.29) is 11.7 Å². The molecule has 1 saturated heterocycles. The number of hydrogen-bond acceptors (Lipinski definition) is 3. The molecule has 0 bridgehead atoms. The standard InChI is InChI=1S/C20H24FN3O/c1-2-22(17-8-4-3-5-9-17)16-20(25)24-14-12-23(13-15-24)19-11-7-6-10-18(19)21/h3-11H,2,12-16H2,1H3. The SMILES string of the molecule is CCN(CC(=O)N1CCN(c2ccccc2F)CC1)c1ccccc1. The van der Waals surface area contributed by atoms with Crippen molar-refractivity contribution >= 4 is 17.3 Å². The first kappa shape index (κ1) is 17.3. The van der Waals surface area contributed by atoms with E-state index in [0.717, 1.165) is 12.2 Å². The van der Waals surface area contributed by atoms with Crippen molar-refractivity contribution in [3.05, 3.63) is 60.4 Å². The maximum atomic E-state index is 13.9. The molecule has 1 heterocycles. The fourth-order valence-corrected chi connectivity index (χ4v) is 3.19. The van der Waals surface area contributed by atoms with Gasteiger partial charge in [-0.3, -0.25) is 4.79 Å².